The van der Waals surface area contributed by atoms with Crippen molar-refractivity contribution in [3.05, 3.63) is 105 Å². The van der Waals surface area contributed by atoms with Crippen LogP contribution in [-0.4, -0.2) is 7.36 Å². The summed E-state index contributed by atoms with van der Waals surface area (Å²) < 4.78 is 0. The van der Waals surface area contributed by atoms with Crippen LogP contribution in [-0.2, 0) is 0 Å². The lowest BCUT2D eigenvalue weighted by molar-refractivity contribution is 0.807. The molecule has 256 valence electrons. The third-order valence-corrected chi connectivity index (χ3v) is 15.3. The van der Waals surface area contributed by atoms with Gasteiger partial charge < -0.3 is 0 Å². The van der Waals surface area contributed by atoms with Crippen LogP contribution in [0.4, 0.5) is 0 Å². The highest BCUT2D eigenvalue weighted by Crippen LogP contribution is 2.43. The monoisotopic (exact) mass is 694 g/mol. The maximum absolute atomic E-state index is 8.02. The molecule has 0 bridgehead atoms. The van der Waals surface area contributed by atoms with Crippen LogP contribution in [0.5, 0.6) is 0 Å². The lowest BCUT2D eigenvalue weighted by Gasteiger charge is -2.28. The first-order chi connectivity index (χ1) is 22.4. The van der Waals surface area contributed by atoms with E-state index >= 15 is 0 Å². The number of hydrogen-bond donors (Lipinski definition) is 0. The molecule has 48 heavy (non-hydrogen) atoms. The van der Waals surface area contributed by atoms with E-state index in [1.54, 1.807) is 0 Å². The Bertz CT molecular complexity index is 1640. The third kappa shape index (κ3) is 8.01. The quantitative estimate of drug-likeness (QED) is 0.0880. The average molecular weight is 695 g/mol. The van der Waals surface area contributed by atoms with Crippen molar-refractivity contribution in [1.29, 1.82) is 0 Å². The summed E-state index contributed by atoms with van der Waals surface area (Å²) in [4.78, 5) is 0. The molecule has 4 rings (SSSR count). The van der Waals surface area contributed by atoms with Crippen LogP contribution >= 0.6 is 18.8 Å². The van der Waals surface area contributed by atoms with Crippen molar-refractivity contribution in [1.82, 2.24) is 0 Å². The second-order valence-corrected chi connectivity index (χ2v) is 21.6. The maximum Gasteiger partial charge on any atom is 0.193 e. The van der Waals surface area contributed by atoms with Gasteiger partial charge in [0.1, 0.15) is 0 Å². The Hall–Kier alpha value is -2.31. The van der Waals surface area contributed by atoms with Crippen LogP contribution in [0.25, 0.3) is 22.3 Å². The molecule has 0 aromatic heterocycles. The Morgan fingerprint density at radius 1 is 0.500 bits per heavy atom. The summed E-state index contributed by atoms with van der Waals surface area (Å²) >= 11 is 8.02. The van der Waals surface area contributed by atoms with Crippen molar-refractivity contribution in [2.75, 3.05) is 0 Å². The first-order valence-corrected chi connectivity index (χ1v) is 22.5. The highest BCUT2D eigenvalue weighted by atomic mass is 35.6. The number of benzene rings is 4. The van der Waals surface area contributed by atoms with Gasteiger partial charge in [-0.3, -0.25) is 0 Å². The number of rotatable bonds is 10. The highest BCUT2D eigenvalue weighted by Gasteiger charge is 2.27. The van der Waals surface area contributed by atoms with Gasteiger partial charge >= 0.3 is 0 Å². The lowest BCUT2D eigenvalue weighted by Crippen LogP contribution is -2.24. The van der Waals surface area contributed by atoms with Gasteiger partial charge in [0.25, 0.3) is 0 Å². The summed E-state index contributed by atoms with van der Waals surface area (Å²) in [6, 6.07) is 21.7. The molecule has 0 saturated carbocycles. The SMILES string of the molecule is Cc1cc(C)c(P=[Si](Cl)c2c(-c3c(C(C)C)cc(C(C)C)cc3C(C)C)cccc2-c2c(C(C)C)cc(C(C)C)cc2C(C)C)c(C)c1. The predicted octanol–water partition coefficient (Wildman–Crippen LogP) is 13.9. The summed E-state index contributed by atoms with van der Waals surface area (Å²) in [7, 11) is -0.371. The van der Waals surface area contributed by atoms with Crippen molar-refractivity contribution in [2.45, 2.75) is 139 Å². The van der Waals surface area contributed by atoms with E-state index in [-0.39, 0.29) is 0 Å². The van der Waals surface area contributed by atoms with Crippen LogP contribution in [0.3, 0.4) is 0 Å². The molecule has 0 unspecified atom stereocenters. The Morgan fingerprint density at radius 2 is 0.833 bits per heavy atom. The van der Waals surface area contributed by atoms with E-state index in [4.69, 9.17) is 11.1 Å². The van der Waals surface area contributed by atoms with Gasteiger partial charge in [0.2, 0.25) is 0 Å². The van der Waals surface area contributed by atoms with Gasteiger partial charge in [-0.05, 0) is 128 Å². The second-order valence-electron chi connectivity index (χ2n) is 16.0. The zero-order chi connectivity index (χ0) is 35.8. The first kappa shape index (κ1) is 38.5. The van der Waals surface area contributed by atoms with Gasteiger partial charge in [-0.1, -0.05) is 151 Å². The van der Waals surface area contributed by atoms with E-state index in [0.717, 1.165) is 0 Å². The number of hydrogen-bond acceptors (Lipinski definition) is 0. The van der Waals surface area contributed by atoms with Crippen molar-refractivity contribution >= 4 is 36.6 Å². The Labute approximate surface area is 301 Å². The maximum atomic E-state index is 8.02. The van der Waals surface area contributed by atoms with E-state index < -0.39 is 7.36 Å². The molecule has 0 amide bonds. The van der Waals surface area contributed by atoms with Gasteiger partial charge in [0.05, 0.1) is 0 Å². The molecular formula is C45H60ClPSi. The highest BCUT2D eigenvalue weighted by molar-refractivity contribution is 7.69. The molecule has 0 radical (unpaired) electrons. The minimum absolute atomic E-state index is 0.389. The summed E-state index contributed by atoms with van der Waals surface area (Å²) in [5.41, 5.74) is 18.1. The van der Waals surface area contributed by atoms with Crippen LogP contribution in [0, 0.1) is 20.8 Å². The Morgan fingerprint density at radius 3 is 1.12 bits per heavy atom. The minimum Gasteiger partial charge on any atom is -0.127 e. The molecule has 0 aliphatic heterocycles. The van der Waals surface area contributed by atoms with Gasteiger partial charge in [-0.25, -0.2) is 0 Å². The fourth-order valence-corrected chi connectivity index (χ4v) is 13.0. The molecular weight excluding hydrogens is 635 g/mol. The Kier molecular flexibility index (Phi) is 12.6. The standard InChI is InChI=1S/C45H60ClPSi/c1-25(2)34-21-38(27(5)6)42(39(22-34)28(7)8)36-17-16-18-37(45(36)48(46)47-44-32(14)19-31(13)20-33(44)15)43-40(29(9)10)23-35(26(3)4)24-41(43)30(11)12/h16-30H,1-15H3. The molecule has 4 aromatic rings. The van der Waals surface area contributed by atoms with E-state index in [9.17, 15) is 0 Å². The molecule has 0 fully saturated rings. The summed E-state index contributed by atoms with van der Waals surface area (Å²) in [5.74, 6) is 2.50. The molecule has 0 spiro atoms. The Balaban J connectivity index is 2.28. The lowest BCUT2D eigenvalue weighted by atomic mass is 9.79. The van der Waals surface area contributed by atoms with Gasteiger partial charge in [0, 0.05) is 5.30 Å². The molecule has 0 atom stereocenters. The minimum atomic E-state index is -1.61. The molecule has 0 nitrogen and oxygen atoms in total. The average Bonchev–Trinajstić information content (AvgIpc) is 3.00. The molecule has 0 saturated heterocycles. The van der Waals surface area contributed by atoms with Crippen molar-refractivity contribution in [3.8, 4) is 22.3 Å². The fourth-order valence-electron chi connectivity index (χ4n) is 7.23. The zero-order valence-electron chi connectivity index (χ0n) is 32.5. The largest absolute Gasteiger partial charge is 0.193 e. The van der Waals surface area contributed by atoms with Gasteiger partial charge in [-0.2, -0.15) is 0 Å². The molecule has 4 aromatic carbocycles. The van der Waals surface area contributed by atoms with Gasteiger partial charge in [-0.15, -0.1) is 11.1 Å². The molecule has 0 heterocycles. The predicted molar refractivity (Wildman–Crippen MR) is 220 cm³/mol. The van der Waals surface area contributed by atoms with Crippen LogP contribution in [0.1, 0.15) is 169 Å². The smallest absolute Gasteiger partial charge is 0.127 e. The van der Waals surface area contributed by atoms with E-state index in [0.29, 0.717) is 35.5 Å². The summed E-state index contributed by atoms with van der Waals surface area (Å²) in [5, 5.41) is 2.75. The number of halogens is 1. The van der Waals surface area contributed by atoms with Crippen LogP contribution in [0.2, 0.25) is 0 Å². The van der Waals surface area contributed by atoms with Crippen molar-refractivity contribution < 1.29 is 0 Å². The van der Waals surface area contributed by atoms with E-state index in [1.165, 1.54) is 90.5 Å². The van der Waals surface area contributed by atoms with E-state index in [1.807, 2.05) is 0 Å². The topological polar surface area (TPSA) is 0 Å². The fraction of sp³-hybridized carbons (Fsp3) is 0.467. The third-order valence-electron chi connectivity index (χ3n) is 9.92. The van der Waals surface area contributed by atoms with E-state index in [2.05, 4.69) is 158 Å². The molecule has 0 N–H and O–H groups in total. The summed E-state index contributed by atoms with van der Waals surface area (Å²) in [6.45, 7) is 34.9. The van der Waals surface area contributed by atoms with Crippen molar-refractivity contribution in [2.24, 2.45) is 0 Å². The summed E-state index contributed by atoms with van der Waals surface area (Å²) in [6.07, 6.45) is 0. The van der Waals surface area contributed by atoms with Gasteiger partial charge in [0.15, 0.2) is 7.36 Å². The molecule has 3 heteroatoms. The molecule has 0 aliphatic carbocycles. The second kappa shape index (κ2) is 15.7. The van der Waals surface area contributed by atoms with Crippen LogP contribution in [0.15, 0.2) is 54.6 Å². The number of aryl methyl sites for hydroxylation is 3. The molecule has 0 aliphatic rings. The van der Waals surface area contributed by atoms with Crippen molar-refractivity contribution in [3.63, 3.8) is 0 Å². The van der Waals surface area contributed by atoms with Crippen LogP contribution < -0.4 is 10.5 Å². The first-order valence-electron chi connectivity index (χ1n) is 18.3. The zero-order valence-corrected chi connectivity index (χ0v) is 35.1. The normalized spacial score (nSPS) is 12.6.